The Hall–Kier alpha value is 6.06. The fourth-order valence-electron chi connectivity index (χ4n) is 5.69. The van der Waals surface area contributed by atoms with E-state index in [9.17, 15) is 9.59 Å². The molecule has 0 aromatic heterocycles. The minimum atomic E-state index is -2.91. The maximum atomic E-state index is 10.2. The molecule has 0 bridgehead atoms. The summed E-state index contributed by atoms with van der Waals surface area (Å²) in [5.74, 6) is 0. The summed E-state index contributed by atoms with van der Waals surface area (Å²) < 4.78 is 37.4. The van der Waals surface area contributed by atoms with Crippen molar-refractivity contribution >= 4 is 72.1 Å². The van der Waals surface area contributed by atoms with Gasteiger partial charge in [-0.25, -0.2) is 0 Å². The molecular formula is C63H209O46Si6Zr11-. The van der Waals surface area contributed by atoms with E-state index in [-0.39, 0.29) is 481 Å². The molecule has 0 aliphatic carbocycles. The Kier molecular flexibility index (Phi) is 1140. The Morgan fingerprint density at radius 2 is 0.262 bits per heavy atom. The molecule has 0 aliphatic heterocycles. The van der Waals surface area contributed by atoms with Gasteiger partial charge < -0.3 is 236 Å². The molecule has 0 saturated heterocycles. The van der Waals surface area contributed by atoms with Crippen LogP contribution in [0.15, 0.2) is 121 Å². The van der Waals surface area contributed by atoms with Crippen molar-refractivity contribution in [3.63, 3.8) is 0 Å². The van der Waals surface area contributed by atoms with E-state index < -0.39 is 51.4 Å². The average Bonchev–Trinajstić information content (AvgIpc) is 3.58. The van der Waals surface area contributed by atoms with E-state index in [1.807, 2.05) is 148 Å². The van der Waals surface area contributed by atoms with Gasteiger partial charge in [-0.1, -0.05) is 203 Å². The summed E-state index contributed by atoms with van der Waals surface area (Å²) in [5, 5.41) is 130. The number of benzene rings is 4. The first kappa shape index (κ1) is 414. The number of hydrogen-bond acceptors (Lipinski definition) is 27. The molecule has 4 rings (SSSR count). The SMILES string of the molecule is C.C.C.C.C.C.C.C.C.C.C.CO.CO.CO.CO.CO.CO.CO.CO.CO.CO.CO.CO.CO.CO.CO.CO.CO.CO.CO[Si](O[Si](C)(C)O[Si](C)(C)O)(c1ccccc1)c1ccccc1.CO[Si](O[Si](C)(C)O[Si](C)(C)O)(c1ccccc1)c1ccccc1.O.O.O.O.O.O.O.O.O.O.O.O.O.O.O.O.O.O.O.[HH].[OH-].[Zr].[Zr].[Zr].[Zr].[Zr].[Zr].[Zr].[Zr].[Zr].[Zr].[Zr]. The maximum absolute atomic E-state index is 10.2. The number of aliphatic hydroxyl groups is 18. The van der Waals surface area contributed by atoms with Gasteiger partial charge in [-0.05, 0) is 73.1 Å². The fraction of sp³-hybridized carbons (Fsp3) is 0.619. The second-order valence-corrected chi connectivity index (χ2v) is 33.5. The molecule has 0 heterocycles. The molecule has 4 aromatic carbocycles. The zero-order valence-electron chi connectivity index (χ0n) is 71.4. The van der Waals surface area contributed by atoms with E-state index >= 15 is 0 Å². The van der Waals surface area contributed by atoms with Crippen molar-refractivity contribution in [1.82, 2.24) is 0 Å². The summed E-state index contributed by atoms with van der Waals surface area (Å²) in [4.78, 5) is 20.4. The Morgan fingerprint density at radius 3 is 0.325 bits per heavy atom. The summed E-state index contributed by atoms with van der Waals surface area (Å²) in [6.07, 6.45) is 0. The summed E-state index contributed by atoms with van der Waals surface area (Å²) in [6, 6.07) is 40.1. The van der Waals surface area contributed by atoms with Crippen LogP contribution in [0.5, 0.6) is 0 Å². The molecule has 806 valence electrons. The summed E-state index contributed by atoms with van der Waals surface area (Å²) in [6.45, 7) is 14.9. The van der Waals surface area contributed by atoms with Crippen LogP contribution in [0.2, 0.25) is 52.4 Å². The third-order valence-electron chi connectivity index (χ3n) is 6.96. The van der Waals surface area contributed by atoms with E-state index in [4.69, 9.17) is 117 Å². The predicted octanol–water partition coefficient (Wildman–Crippen LogP) is -11.0. The summed E-state index contributed by atoms with van der Waals surface area (Å²) >= 11 is 0. The van der Waals surface area contributed by atoms with Gasteiger partial charge in [0, 0.05) is 432 Å². The number of rotatable bonds is 14. The standard InChI is InChI=1S/2C17H26O4Si3.18CH4O.11CH4.20H2O.11Zr.H2/c2*1-19-24(16-12-8-6-9-13-16,17-14-10-7-11-15-17)21-23(4,5)20-22(2,3)18;18*1-2;;;;;;;;;;;;;;;;;;;;;;;;;;;;;;;;;;;;;;;;;;;/h2*6-15,18H,1-5H3;18*2H,1H3;11*1H4;20*1H2;;;;;;;;;;;;1H/p-1. The van der Waals surface area contributed by atoms with Crippen molar-refractivity contribution in [3.8, 4) is 0 Å². The molecule has 126 heavy (non-hydrogen) atoms. The fourth-order valence-corrected chi connectivity index (χ4v) is 28.6. The van der Waals surface area contributed by atoms with Crippen molar-refractivity contribution < 1.29 is 526 Å². The minimum Gasteiger partial charge on any atom is -0.870 e. The summed E-state index contributed by atoms with van der Waals surface area (Å²) in [7, 11) is 4.94. The van der Waals surface area contributed by atoms with Crippen molar-refractivity contribution in [3.05, 3.63) is 121 Å². The molecule has 0 spiro atoms. The van der Waals surface area contributed by atoms with Gasteiger partial charge in [0.05, 0.1) is 0 Å². The van der Waals surface area contributed by atoms with E-state index in [1.54, 1.807) is 40.4 Å². The molecule has 0 unspecified atom stereocenters. The van der Waals surface area contributed by atoms with Crippen LogP contribution in [-0.4, -0.2) is 405 Å². The summed E-state index contributed by atoms with van der Waals surface area (Å²) in [5.41, 5.74) is 0. The zero-order chi connectivity index (χ0) is 71.7. The molecule has 0 atom stereocenters. The van der Waals surface area contributed by atoms with Crippen LogP contribution in [0.1, 0.15) is 83.1 Å². The van der Waals surface area contributed by atoms with Gasteiger partial charge in [-0.15, -0.1) is 0 Å². The largest absolute Gasteiger partial charge is 0.870 e. The molecule has 0 radical (unpaired) electrons. The van der Waals surface area contributed by atoms with Gasteiger partial charge >= 0.3 is 51.4 Å². The molecule has 0 fully saturated rings. The number of hydrogen-bond donors (Lipinski definition) is 20. The molecular weight excluding hydrogens is 2660 g/mol. The quantitative estimate of drug-likeness (QED) is 0.0521. The van der Waals surface area contributed by atoms with Crippen LogP contribution >= 0.6 is 0 Å². The molecule has 63 heteroatoms. The topological polar surface area (TPSA) is 1090 Å². The Bertz CT molecular complexity index is 1470. The minimum absolute atomic E-state index is 0. The van der Waals surface area contributed by atoms with Crippen LogP contribution in [0.3, 0.4) is 0 Å². The Morgan fingerprint density at radius 1 is 0.183 bits per heavy atom. The first-order valence-electron chi connectivity index (χ1n) is 24.0. The van der Waals surface area contributed by atoms with Crippen molar-refractivity contribution in [2.75, 3.05) is 142 Å². The molecule has 59 N–H and O–H groups in total. The van der Waals surface area contributed by atoms with Gasteiger partial charge in [-0.3, -0.25) is 0 Å². The molecule has 46 nitrogen and oxygen atoms in total. The Labute approximate surface area is 982 Å². The van der Waals surface area contributed by atoms with Crippen LogP contribution in [0.25, 0.3) is 0 Å². The maximum Gasteiger partial charge on any atom is 0.398 e. The van der Waals surface area contributed by atoms with Crippen molar-refractivity contribution in [1.29, 1.82) is 0 Å². The zero-order valence-corrected chi connectivity index (χ0v) is 104. The van der Waals surface area contributed by atoms with E-state index in [1.165, 1.54) is 0 Å². The van der Waals surface area contributed by atoms with Gasteiger partial charge in [0.15, 0.2) is 0 Å². The first-order valence-corrected chi connectivity index (χ1v) is 39.0. The third-order valence-corrected chi connectivity index (χ3v) is 26.6. The van der Waals surface area contributed by atoms with Crippen molar-refractivity contribution in [2.45, 2.75) is 134 Å². The first-order chi connectivity index (χ1) is 40.4. The molecule has 4 aromatic rings. The number of aliphatic hydroxyl groups excluding tert-OH is 18. The molecule has 0 aliphatic rings. The van der Waals surface area contributed by atoms with Crippen LogP contribution in [0, 0.1) is 0 Å². The normalized spacial score (nSPS) is 5.84. The predicted molar refractivity (Wildman–Crippen MR) is 502 cm³/mol. The Balaban J connectivity index is -0.00000000751. The molecule has 0 saturated carbocycles. The van der Waals surface area contributed by atoms with Crippen molar-refractivity contribution in [2.24, 2.45) is 0 Å². The molecule has 0 amide bonds. The van der Waals surface area contributed by atoms with E-state index in [2.05, 4.69) is 0 Å². The second-order valence-electron chi connectivity index (χ2n) is 13.2. The van der Waals surface area contributed by atoms with Gasteiger partial charge in [-0.2, -0.15) is 0 Å². The van der Waals surface area contributed by atoms with E-state index in [0.717, 1.165) is 149 Å². The second kappa shape index (κ2) is 346. The average molecular weight is 2880 g/mol. The van der Waals surface area contributed by atoms with Crippen LogP contribution < -0.4 is 20.7 Å². The van der Waals surface area contributed by atoms with Gasteiger partial charge in [0.1, 0.15) is 0 Å². The van der Waals surface area contributed by atoms with Crippen LogP contribution in [0.4, 0.5) is 0 Å². The van der Waals surface area contributed by atoms with Crippen LogP contribution in [-0.2, 0) is 314 Å². The monoisotopic (exact) mass is 2860 g/mol. The smallest absolute Gasteiger partial charge is 0.398 e. The van der Waals surface area contributed by atoms with Gasteiger partial charge in [0.2, 0.25) is 0 Å². The van der Waals surface area contributed by atoms with E-state index in [0.29, 0.717) is 0 Å². The third kappa shape index (κ3) is 256. The van der Waals surface area contributed by atoms with Gasteiger partial charge in [0.25, 0.3) is 0 Å².